The predicted octanol–water partition coefficient (Wildman–Crippen LogP) is -16.2. The zero-order valence-corrected chi connectivity index (χ0v) is 43.5. The van der Waals surface area contributed by atoms with Crippen molar-refractivity contribution in [1.82, 2.24) is 0 Å². The van der Waals surface area contributed by atoms with Gasteiger partial charge in [0.2, 0.25) is 0 Å². The molecule has 7 aliphatic heterocycles. The summed E-state index contributed by atoms with van der Waals surface area (Å²) in [6, 6.07) is -1.51. The SMILES string of the molecule is N[C@@H]1[C@@H](O)[C@H](O[C@H]2O[C@H](CO)[C@@H](O)[C@H](O[C@H]3O[C@H](CO)[C@@H](O)[C@H](O[C@@H]4O[C@@H]([C@H](O)CO)[C@H](O[C@H]5O[C@H](CO[C@H]6O[C@H](COP(=O)(O)O[C@H]7O[C@H](CO)[C@@H](O)[C@H](O)[C@@H]7O)[C@H](O)[C@H](O)[C@H]6O)[C@H](O)[C@H](O)[C@H]5O)[C@H]4O)[C@@H]3O)[C@@H]2O)[C@@H](CO)O[C@@H]1O. The quantitative estimate of drug-likeness (QED) is 0.0448. The molecule has 36 atom stereocenters. The molecule has 0 bridgehead atoms. The van der Waals surface area contributed by atoms with Crippen molar-refractivity contribution in [2.24, 2.45) is 5.73 Å². The highest BCUT2D eigenvalue weighted by atomic mass is 31.2. The lowest BCUT2D eigenvalue weighted by Gasteiger charge is -2.48. The largest absolute Gasteiger partial charge is 0.474 e. The molecule has 0 radical (unpaired) electrons. The van der Waals surface area contributed by atoms with E-state index >= 15 is 0 Å². The summed E-state index contributed by atoms with van der Waals surface area (Å²) in [7, 11) is -5.39. The van der Waals surface area contributed by atoms with Gasteiger partial charge in [0.05, 0.1) is 52.3 Å². The number of aliphatic hydroxyl groups excluding tert-OH is 22. The van der Waals surface area contributed by atoms with E-state index in [2.05, 4.69) is 0 Å². The van der Waals surface area contributed by atoms with Crippen molar-refractivity contribution < 1.29 is 188 Å². The van der Waals surface area contributed by atoms with E-state index in [0.717, 1.165) is 0 Å². The summed E-state index contributed by atoms with van der Waals surface area (Å²) < 4.78 is 88.7. The minimum Gasteiger partial charge on any atom is -0.394 e. The third-order valence-corrected chi connectivity index (χ3v) is 15.7. The van der Waals surface area contributed by atoms with Gasteiger partial charge in [-0.3, -0.25) is 9.05 Å². The first-order valence-electron chi connectivity index (χ1n) is 25.5. The van der Waals surface area contributed by atoms with Gasteiger partial charge in [-0.15, -0.1) is 0 Å². The van der Waals surface area contributed by atoms with Crippen LogP contribution in [0.3, 0.4) is 0 Å². The molecule has 7 heterocycles. The van der Waals surface area contributed by atoms with Gasteiger partial charge in [-0.25, -0.2) is 4.57 Å². The lowest BCUT2D eigenvalue weighted by Crippen LogP contribution is -2.67. The monoisotopic (exact) mass is 1230 g/mol. The highest BCUT2D eigenvalue weighted by Crippen LogP contribution is 2.47. The van der Waals surface area contributed by atoms with Gasteiger partial charge in [0.1, 0.15) is 165 Å². The fourth-order valence-electron chi connectivity index (χ4n) is 9.92. The lowest BCUT2D eigenvalue weighted by molar-refractivity contribution is -0.380. The van der Waals surface area contributed by atoms with E-state index in [1.165, 1.54) is 0 Å². The molecule has 39 nitrogen and oxygen atoms in total. The summed E-state index contributed by atoms with van der Waals surface area (Å²) in [6.45, 7) is -7.11. The first-order valence-corrected chi connectivity index (χ1v) is 27.0. The number of hydrogen-bond acceptors (Lipinski definition) is 38. The molecule has 25 N–H and O–H groups in total. The molecular formula is C42H74NO38P. The van der Waals surface area contributed by atoms with Gasteiger partial charge in [-0.05, 0) is 0 Å². The van der Waals surface area contributed by atoms with E-state index in [1.807, 2.05) is 0 Å². The van der Waals surface area contributed by atoms with Crippen molar-refractivity contribution >= 4 is 7.82 Å². The van der Waals surface area contributed by atoms with Gasteiger partial charge >= 0.3 is 7.82 Å². The molecule has 0 aromatic carbocycles. The first-order chi connectivity index (χ1) is 38.6. The summed E-state index contributed by atoms with van der Waals surface area (Å²) in [6.07, 6.45) is -67.7. The Kier molecular flexibility index (Phi) is 24.0. The number of nitrogens with two attached hydrogens (primary N) is 1. The van der Waals surface area contributed by atoms with Crippen molar-refractivity contribution in [1.29, 1.82) is 0 Å². The normalized spacial score (nSPS) is 51.6. The lowest BCUT2D eigenvalue weighted by atomic mass is 9.95. The summed E-state index contributed by atoms with van der Waals surface area (Å²) >= 11 is 0. The Labute approximate surface area is 461 Å². The van der Waals surface area contributed by atoms with Crippen LogP contribution in [0, 0.1) is 0 Å². The molecule has 0 amide bonds. The molecule has 7 aliphatic rings. The molecule has 7 saturated heterocycles. The second-order valence-corrected chi connectivity index (χ2v) is 21.7. The van der Waals surface area contributed by atoms with Crippen molar-refractivity contribution in [3.8, 4) is 0 Å². The van der Waals surface area contributed by atoms with Crippen LogP contribution in [0.15, 0.2) is 0 Å². The van der Waals surface area contributed by atoms with Crippen LogP contribution in [0.5, 0.6) is 0 Å². The van der Waals surface area contributed by atoms with Crippen LogP contribution in [0.2, 0.25) is 0 Å². The van der Waals surface area contributed by atoms with Crippen LogP contribution in [-0.4, -0.2) is 378 Å². The van der Waals surface area contributed by atoms with Crippen LogP contribution >= 0.6 is 7.82 Å². The van der Waals surface area contributed by atoms with Crippen LogP contribution < -0.4 is 5.73 Å². The molecule has 7 rings (SSSR count). The fraction of sp³-hybridized carbons (Fsp3) is 1.00. The fourth-order valence-corrected chi connectivity index (χ4v) is 10.8. The van der Waals surface area contributed by atoms with Gasteiger partial charge < -0.3 is 180 Å². The van der Waals surface area contributed by atoms with Crippen molar-refractivity contribution in [2.45, 2.75) is 215 Å². The van der Waals surface area contributed by atoms with E-state index in [1.54, 1.807) is 0 Å². The number of phosphoric acid groups is 1. The molecule has 0 aromatic rings. The van der Waals surface area contributed by atoms with Crippen molar-refractivity contribution in [3.63, 3.8) is 0 Å². The van der Waals surface area contributed by atoms with Crippen LogP contribution in [-0.2, 0) is 70.5 Å². The standard InChI is InChI=1S/C42H74NO38P/c43-15-21(55)32(12(5-48)70-36(15)65)77-39-28(62)33(19(53)10(3-46)71-39)78-40-29(63)34(20(54)11(4-47)72-40)79-41-30(64)35(31(76-41)8(49)1-44)80-38-26(60)24(58)17(51)13(75-38)6-68-37-25(59)23(57)18(52)14(74-37)7-69-82(66,67)81-42-27(61)22(56)16(50)9(2-45)73-42/h8-42,44-65H,1-7,43H2,(H,66,67)/t8-,9-,10-,11-,12-,13-,14-,15-,16-,17+,18+,19-,20-,21-,22+,23+,24+,25-,26-,27+,28+,29+,30-,31+,32-,33+,34+,35-,36+,37+,38-,39-,40-,41+,42-/m1/s1. The topological polar surface area (TPSA) is 638 Å². The average Bonchev–Trinajstić information content (AvgIpc) is 3.86. The van der Waals surface area contributed by atoms with Crippen LogP contribution in [0.1, 0.15) is 0 Å². The van der Waals surface area contributed by atoms with Crippen LogP contribution in [0.25, 0.3) is 0 Å². The van der Waals surface area contributed by atoms with Crippen LogP contribution in [0.4, 0.5) is 0 Å². The summed E-state index contributed by atoms with van der Waals surface area (Å²) in [4.78, 5) is 10.3. The molecule has 7 fully saturated rings. The number of hydrogen-bond donors (Lipinski definition) is 24. The Bertz CT molecular complexity index is 2010. The second-order valence-electron chi connectivity index (χ2n) is 20.3. The van der Waals surface area contributed by atoms with Gasteiger partial charge in [0.25, 0.3) is 0 Å². The molecule has 1 unspecified atom stereocenters. The van der Waals surface area contributed by atoms with Crippen molar-refractivity contribution in [3.05, 3.63) is 0 Å². The number of aliphatic hydroxyl groups is 22. The number of rotatable bonds is 22. The van der Waals surface area contributed by atoms with E-state index in [0.29, 0.717) is 0 Å². The van der Waals surface area contributed by atoms with E-state index in [9.17, 15) is 122 Å². The molecule has 0 aromatic heterocycles. The molecule has 0 saturated carbocycles. The van der Waals surface area contributed by atoms with E-state index in [-0.39, 0.29) is 0 Å². The average molecular weight is 1230 g/mol. The van der Waals surface area contributed by atoms with Gasteiger partial charge in [0, 0.05) is 0 Å². The second kappa shape index (κ2) is 28.9. The summed E-state index contributed by atoms with van der Waals surface area (Å²) in [5, 5.41) is 233. The predicted molar refractivity (Wildman–Crippen MR) is 245 cm³/mol. The summed E-state index contributed by atoms with van der Waals surface area (Å²) in [5.74, 6) is 0. The van der Waals surface area contributed by atoms with E-state index in [4.69, 9.17) is 71.6 Å². The molecule has 82 heavy (non-hydrogen) atoms. The molecular weight excluding hydrogens is 1160 g/mol. The molecule has 480 valence electrons. The highest BCUT2D eigenvalue weighted by molar-refractivity contribution is 7.47. The minimum absolute atomic E-state index is 0.865. The first kappa shape index (κ1) is 68.2. The third kappa shape index (κ3) is 14.6. The van der Waals surface area contributed by atoms with E-state index < -0.39 is 269 Å². The summed E-state index contributed by atoms with van der Waals surface area (Å²) in [5.41, 5.74) is 5.78. The Morgan fingerprint density at radius 2 is 0.768 bits per heavy atom. The van der Waals surface area contributed by atoms with Gasteiger partial charge in [0.15, 0.2) is 44.0 Å². The Morgan fingerprint density at radius 1 is 0.390 bits per heavy atom. The Balaban J connectivity index is 0.998. The maximum absolute atomic E-state index is 12.8. The Morgan fingerprint density at radius 3 is 1.28 bits per heavy atom. The third-order valence-electron chi connectivity index (χ3n) is 14.8. The molecule has 0 spiro atoms. The maximum Gasteiger partial charge on any atom is 0.474 e. The smallest absolute Gasteiger partial charge is 0.394 e. The Hall–Kier alpha value is -1.29. The highest BCUT2D eigenvalue weighted by Gasteiger charge is 2.58. The molecule has 40 heteroatoms. The minimum atomic E-state index is -5.39. The van der Waals surface area contributed by atoms with Gasteiger partial charge in [-0.2, -0.15) is 0 Å². The van der Waals surface area contributed by atoms with Crippen molar-refractivity contribution in [2.75, 3.05) is 46.2 Å². The number of ether oxygens (including phenoxy) is 12. The maximum atomic E-state index is 12.8. The number of phosphoric ester groups is 1. The van der Waals surface area contributed by atoms with Gasteiger partial charge in [-0.1, -0.05) is 0 Å². The zero-order chi connectivity index (χ0) is 60.6. The zero-order valence-electron chi connectivity index (χ0n) is 42.6. The molecule has 0 aliphatic carbocycles.